The molecule has 3 nitrogen and oxygen atoms in total. The van der Waals surface area contributed by atoms with Crippen LogP contribution in [0.25, 0.3) is 93.8 Å². The number of rotatable bonds is 6. The van der Waals surface area contributed by atoms with Crippen molar-refractivity contribution < 1.29 is 8.81 Å². The highest BCUT2D eigenvalue weighted by molar-refractivity contribution is 6.21. The molecule has 0 aliphatic rings. The molecule has 0 aliphatic heterocycles. The number of fused-ring (bicyclic) bond motifs is 8. The predicted molar refractivity (Wildman–Crippen MR) is 228 cm³/mol. The lowest BCUT2D eigenvalue weighted by atomic mass is 9.87. The number of para-hydroxylation sites is 3. The fourth-order valence-electron chi connectivity index (χ4n) is 8.45. The van der Waals surface area contributed by atoms with Crippen molar-refractivity contribution in [3.05, 3.63) is 169 Å². The average Bonchev–Trinajstić information content (AvgIpc) is 3.79. The minimum Gasteiger partial charge on any atom is -0.455 e. The lowest BCUT2D eigenvalue weighted by molar-refractivity contribution is 0.630. The van der Waals surface area contributed by atoms with E-state index in [9.17, 15) is 4.39 Å². The summed E-state index contributed by atoms with van der Waals surface area (Å²) in [5.41, 5.74) is 13.1. The van der Waals surface area contributed by atoms with Gasteiger partial charge in [0.1, 0.15) is 22.8 Å². The summed E-state index contributed by atoms with van der Waals surface area (Å²) in [4.78, 5) is 5.38. The van der Waals surface area contributed by atoms with Crippen molar-refractivity contribution in [2.24, 2.45) is 0 Å². The number of imidazole rings is 1. The molecule has 0 spiro atoms. The molecule has 0 amide bonds. The molecule has 0 aliphatic carbocycles. The zero-order valence-electron chi connectivity index (χ0n) is 31.3. The van der Waals surface area contributed by atoms with E-state index in [1.165, 1.54) is 45.1 Å². The molecule has 0 bridgehead atoms. The van der Waals surface area contributed by atoms with Gasteiger partial charge in [-0.05, 0) is 116 Å². The van der Waals surface area contributed by atoms with Crippen molar-refractivity contribution in [3.63, 3.8) is 0 Å². The molecular formula is C51H39FN2O. The van der Waals surface area contributed by atoms with Crippen molar-refractivity contribution in [2.45, 2.75) is 39.5 Å². The molecule has 2 heterocycles. The molecule has 0 saturated carbocycles. The normalized spacial score (nSPS) is 12.1. The zero-order valence-corrected chi connectivity index (χ0v) is 31.3. The Hall–Kier alpha value is -6.52. The molecule has 55 heavy (non-hydrogen) atoms. The van der Waals surface area contributed by atoms with Crippen molar-refractivity contribution in [1.82, 2.24) is 9.55 Å². The van der Waals surface area contributed by atoms with Gasteiger partial charge in [-0.25, -0.2) is 9.37 Å². The van der Waals surface area contributed by atoms with Gasteiger partial charge in [0, 0.05) is 16.2 Å². The molecule has 10 rings (SSSR count). The molecule has 2 aromatic heterocycles. The number of hydrogen-bond donors (Lipinski definition) is 0. The smallest absolute Gasteiger partial charge is 0.149 e. The maximum absolute atomic E-state index is 14.1. The number of benzene rings is 8. The summed E-state index contributed by atoms with van der Waals surface area (Å²) >= 11 is 0. The average molecular weight is 715 g/mol. The van der Waals surface area contributed by atoms with Crippen LogP contribution in [0.5, 0.6) is 0 Å². The standard InChI is InChI=1S/C51H39FN2O/c1-30(2)44-28-36(34-19-17-33(18-20-34)32-11-6-5-7-12-32)29-45(31(3)4)48(44)54-47-16-9-8-15-46(47)53-51(54)43-14-10-13-40-42-26-25-39-38-24-22-37(52)27-35(38)21-23-41(39)49(42)55-50(40)43/h5-31H,1-4H3. The monoisotopic (exact) mass is 714 g/mol. The van der Waals surface area contributed by atoms with E-state index >= 15 is 0 Å². The highest BCUT2D eigenvalue weighted by atomic mass is 19.1. The van der Waals surface area contributed by atoms with Crippen LogP contribution in [0.15, 0.2) is 156 Å². The van der Waals surface area contributed by atoms with E-state index in [0.29, 0.717) is 0 Å². The number of nitrogens with zero attached hydrogens (tertiary/aromatic N) is 2. The van der Waals surface area contributed by atoms with E-state index in [4.69, 9.17) is 9.40 Å². The van der Waals surface area contributed by atoms with Gasteiger partial charge in [-0.15, -0.1) is 0 Å². The van der Waals surface area contributed by atoms with Gasteiger partial charge in [0.2, 0.25) is 0 Å². The molecule has 0 radical (unpaired) electrons. The van der Waals surface area contributed by atoms with Gasteiger partial charge in [-0.2, -0.15) is 0 Å². The number of halogens is 1. The maximum atomic E-state index is 14.1. The second-order valence-corrected chi connectivity index (χ2v) is 15.3. The molecule has 8 aromatic carbocycles. The van der Waals surface area contributed by atoms with Crippen molar-refractivity contribution in [3.8, 4) is 39.3 Å². The van der Waals surface area contributed by atoms with Crippen LogP contribution < -0.4 is 0 Å². The first-order valence-corrected chi connectivity index (χ1v) is 19.1. The van der Waals surface area contributed by atoms with Crippen LogP contribution in [-0.2, 0) is 0 Å². The van der Waals surface area contributed by atoms with E-state index in [0.717, 1.165) is 65.9 Å². The third-order valence-electron chi connectivity index (χ3n) is 11.2. The first-order chi connectivity index (χ1) is 26.8. The molecule has 0 fully saturated rings. The van der Waals surface area contributed by atoms with Gasteiger partial charge in [-0.3, -0.25) is 4.57 Å². The fraction of sp³-hybridized carbons (Fsp3) is 0.118. The van der Waals surface area contributed by atoms with Crippen LogP contribution in [0.3, 0.4) is 0 Å². The van der Waals surface area contributed by atoms with Crippen LogP contribution >= 0.6 is 0 Å². The van der Waals surface area contributed by atoms with Crippen LogP contribution in [0.1, 0.15) is 50.7 Å². The zero-order chi connectivity index (χ0) is 37.4. The Balaban J connectivity index is 1.20. The molecule has 266 valence electrons. The quantitative estimate of drug-likeness (QED) is 0.161. The molecule has 10 aromatic rings. The van der Waals surface area contributed by atoms with Crippen LogP contribution in [0.2, 0.25) is 0 Å². The van der Waals surface area contributed by atoms with E-state index in [1.807, 2.05) is 12.1 Å². The van der Waals surface area contributed by atoms with Crippen LogP contribution in [0, 0.1) is 5.82 Å². The Morgan fingerprint density at radius 2 is 1.11 bits per heavy atom. The Morgan fingerprint density at radius 3 is 1.85 bits per heavy atom. The number of furan rings is 1. The number of hydrogen-bond acceptors (Lipinski definition) is 2. The Kier molecular flexibility index (Phi) is 7.71. The van der Waals surface area contributed by atoms with E-state index in [-0.39, 0.29) is 17.7 Å². The van der Waals surface area contributed by atoms with Gasteiger partial charge < -0.3 is 4.42 Å². The molecule has 0 saturated heterocycles. The first kappa shape index (κ1) is 33.1. The van der Waals surface area contributed by atoms with Crippen molar-refractivity contribution in [1.29, 1.82) is 0 Å². The van der Waals surface area contributed by atoms with Crippen LogP contribution in [0.4, 0.5) is 4.39 Å². The third-order valence-corrected chi connectivity index (χ3v) is 11.2. The maximum Gasteiger partial charge on any atom is 0.149 e. The lowest BCUT2D eigenvalue weighted by Crippen LogP contribution is -2.09. The van der Waals surface area contributed by atoms with E-state index in [1.54, 1.807) is 6.07 Å². The summed E-state index contributed by atoms with van der Waals surface area (Å²) < 4.78 is 23.5. The first-order valence-electron chi connectivity index (χ1n) is 19.1. The SMILES string of the molecule is CC(C)c1cc(-c2ccc(-c3ccccc3)cc2)cc(C(C)C)c1-n1c(-c2cccc3c2oc2c3ccc3c4ccc(F)cc4ccc32)nc2ccccc21. The van der Waals surface area contributed by atoms with Gasteiger partial charge in [0.05, 0.1) is 22.3 Å². The molecular weight excluding hydrogens is 676 g/mol. The minimum absolute atomic E-state index is 0.238. The summed E-state index contributed by atoms with van der Waals surface area (Å²) in [6.07, 6.45) is 0. The highest BCUT2D eigenvalue weighted by Crippen LogP contribution is 2.44. The Morgan fingerprint density at radius 1 is 0.509 bits per heavy atom. The Labute approximate surface area is 319 Å². The summed E-state index contributed by atoms with van der Waals surface area (Å²) in [6, 6.07) is 52.3. The second-order valence-electron chi connectivity index (χ2n) is 15.3. The van der Waals surface area contributed by atoms with E-state index in [2.05, 4.69) is 160 Å². The molecule has 4 heteroatoms. The number of aromatic nitrogens is 2. The largest absolute Gasteiger partial charge is 0.455 e. The topological polar surface area (TPSA) is 31.0 Å². The van der Waals surface area contributed by atoms with E-state index < -0.39 is 0 Å². The highest BCUT2D eigenvalue weighted by Gasteiger charge is 2.26. The van der Waals surface area contributed by atoms with Crippen molar-refractivity contribution >= 4 is 54.5 Å². The summed E-state index contributed by atoms with van der Waals surface area (Å²) in [6.45, 7) is 9.14. The Bertz CT molecular complexity index is 3070. The second kappa shape index (κ2) is 12.8. The lowest BCUT2D eigenvalue weighted by Gasteiger charge is -2.24. The minimum atomic E-state index is -0.238. The van der Waals surface area contributed by atoms with Crippen LogP contribution in [-0.4, -0.2) is 9.55 Å². The van der Waals surface area contributed by atoms with Gasteiger partial charge in [0.25, 0.3) is 0 Å². The summed E-state index contributed by atoms with van der Waals surface area (Å²) in [5, 5.41) is 5.99. The molecule has 0 atom stereocenters. The molecule has 0 N–H and O–H groups in total. The van der Waals surface area contributed by atoms with Crippen molar-refractivity contribution in [2.75, 3.05) is 0 Å². The third kappa shape index (κ3) is 5.35. The molecule has 0 unspecified atom stereocenters. The summed E-state index contributed by atoms with van der Waals surface area (Å²) in [7, 11) is 0. The fourth-order valence-corrected chi connectivity index (χ4v) is 8.45. The summed E-state index contributed by atoms with van der Waals surface area (Å²) in [5.74, 6) is 1.08. The predicted octanol–water partition coefficient (Wildman–Crippen LogP) is 14.6. The van der Waals surface area contributed by atoms with Gasteiger partial charge >= 0.3 is 0 Å². The van der Waals surface area contributed by atoms with Gasteiger partial charge in [-0.1, -0.05) is 125 Å². The van der Waals surface area contributed by atoms with Gasteiger partial charge in [0.15, 0.2) is 0 Å².